The number of methoxy groups -OCH3 is 2. The van der Waals surface area contributed by atoms with Gasteiger partial charge < -0.3 is 39.4 Å². The third kappa shape index (κ3) is 7.54. The molecule has 210 valence electrons. The number of rotatable bonds is 13. The molecule has 0 unspecified atom stereocenters. The van der Waals surface area contributed by atoms with Crippen LogP contribution in [0, 0.1) is 0 Å². The smallest absolute Gasteiger partial charge is 0.337 e. The van der Waals surface area contributed by atoms with Gasteiger partial charge in [-0.3, -0.25) is 5.43 Å². The van der Waals surface area contributed by atoms with Crippen molar-refractivity contribution in [2.75, 3.05) is 34.0 Å². The number of carbonyl (C=O) groups is 2. The van der Waals surface area contributed by atoms with Crippen LogP contribution in [0.3, 0.4) is 0 Å². The van der Waals surface area contributed by atoms with Gasteiger partial charge in [0.2, 0.25) is 0 Å². The Labute approximate surface area is 226 Å². The lowest BCUT2D eigenvalue weighted by Crippen LogP contribution is -2.45. The summed E-state index contributed by atoms with van der Waals surface area (Å²) in [7, 11) is 2.83. The van der Waals surface area contributed by atoms with E-state index in [1.807, 2.05) is 19.9 Å². The second kappa shape index (κ2) is 13.9. The van der Waals surface area contributed by atoms with E-state index in [1.165, 1.54) is 13.3 Å². The Bertz CT molecular complexity index is 1230. The Hall–Kier alpha value is -4.45. The van der Waals surface area contributed by atoms with E-state index < -0.39 is 24.3 Å². The summed E-state index contributed by atoms with van der Waals surface area (Å²) >= 11 is 0. The molecular formula is C27H34N4O8. The van der Waals surface area contributed by atoms with Crippen LogP contribution in [0.25, 0.3) is 0 Å². The van der Waals surface area contributed by atoms with E-state index in [9.17, 15) is 14.7 Å². The molecule has 12 nitrogen and oxygen atoms in total. The summed E-state index contributed by atoms with van der Waals surface area (Å²) in [4.78, 5) is 24.5. The summed E-state index contributed by atoms with van der Waals surface area (Å²) < 4.78 is 27.2. The molecule has 0 saturated heterocycles. The lowest BCUT2D eigenvalue weighted by Gasteiger charge is -2.28. The topological polar surface area (TPSA) is 149 Å². The SMILES string of the molecule is CCOc1ccc(/C=N\N[C@H](O)COc2ccc([C@H]3NC(=O)NC(C)=C3C(=O)OC)cc2OCC)cc1OC. The largest absolute Gasteiger partial charge is 0.493 e. The number of benzene rings is 2. The molecule has 1 aliphatic heterocycles. The lowest BCUT2D eigenvalue weighted by atomic mass is 9.95. The van der Waals surface area contributed by atoms with Gasteiger partial charge in [-0.15, -0.1) is 0 Å². The molecule has 2 atom stereocenters. The van der Waals surface area contributed by atoms with Gasteiger partial charge in [-0.05, 0) is 62.2 Å². The van der Waals surface area contributed by atoms with Crippen LogP contribution in [-0.4, -0.2) is 63.6 Å². The van der Waals surface area contributed by atoms with Gasteiger partial charge in [-0.1, -0.05) is 6.07 Å². The third-order valence-corrected chi connectivity index (χ3v) is 5.60. The van der Waals surface area contributed by atoms with Crippen molar-refractivity contribution in [2.24, 2.45) is 5.10 Å². The zero-order chi connectivity index (χ0) is 28.4. The average Bonchev–Trinajstić information content (AvgIpc) is 2.92. The zero-order valence-corrected chi connectivity index (χ0v) is 22.6. The summed E-state index contributed by atoms with van der Waals surface area (Å²) in [5.74, 6) is 1.38. The standard InChI is InChI=1S/C27H34N4O8/c1-6-37-19-10-8-17(12-21(19)35-4)14-28-31-23(32)15-39-20-11-9-18(13-22(20)38-7-2)25-24(26(33)36-5)16(3)29-27(34)30-25/h8-14,23,25,31-32H,6-7,15H2,1-5H3,(H2,29,30,34)/b28-14-/t23-,25-/m1/s1. The maximum atomic E-state index is 12.4. The Morgan fingerprint density at radius 2 is 1.74 bits per heavy atom. The molecule has 0 fully saturated rings. The fourth-order valence-electron chi connectivity index (χ4n) is 3.86. The molecule has 0 spiro atoms. The number of aliphatic hydroxyl groups excluding tert-OH is 1. The summed E-state index contributed by atoms with van der Waals surface area (Å²) in [6.45, 7) is 6.05. The van der Waals surface area contributed by atoms with Crippen molar-refractivity contribution in [3.05, 3.63) is 58.8 Å². The second-order valence-electron chi connectivity index (χ2n) is 8.26. The van der Waals surface area contributed by atoms with Crippen LogP contribution < -0.4 is 35.0 Å². The van der Waals surface area contributed by atoms with Crippen LogP contribution in [0.5, 0.6) is 23.0 Å². The van der Waals surface area contributed by atoms with E-state index in [4.69, 9.17) is 23.7 Å². The van der Waals surface area contributed by atoms with Gasteiger partial charge in [0.25, 0.3) is 0 Å². The van der Waals surface area contributed by atoms with Gasteiger partial charge in [0.15, 0.2) is 29.2 Å². The number of nitrogens with zero attached hydrogens (tertiary/aromatic N) is 1. The number of hydrogen-bond donors (Lipinski definition) is 4. The normalized spacial score (nSPS) is 15.7. The Balaban J connectivity index is 1.68. The van der Waals surface area contributed by atoms with Crippen molar-refractivity contribution in [2.45, 2.75) is 33.0 Å². The number of hydrazone groups is 1. The Morgan fingerprint density at radius 1 is 1.05 bits per heavy atom. The van der Waals surface area contributed by atoms with Crippen LogP contribution in [0.15, 0.2) is 52.8 Å². The van der Waals surface area contributed by atoms with Gasteiger partial charge in [0.05, 0.1) is 45.3 Å². The minimum absolute atomic E-state index is 0.139. The predicted molar refractivity (Wildman–Crippen MR) is 143 cm³/mol. The molecule has 1 heterocycles. The number of urea groups is 1. The summed E-state index contributed by atoms with van der Waals surface area (Å²) in [5.41, 5.74) is 4.61. The van der Waals surface area contributed by atoms with Gasteiger partial charge in [0.1, 0.15) is 6.61 Å². The van der Waals surface area contributed by atoms with E-state index in [2.05, 4.69) is 21.2 Å². The molecule has 4 N–H and O–H groups in total. The zero-order valence-electron chi connectivity index (χ0n) is 22.6. The Morgan fingerprint density at radius 3 is 2.44 bits per heavy atom. The number of aliphatic hydroxyl groups is 1. The first kappa shape index (κ1) is 29.1. The summed E-state index contributed by atoms with van der Waals surface area (Å²) in [6.07, 6.45) is 0.407. The number of nitrogens with one attached hydrogen (secondary N) is 3. The molecule has 0 bridgehead atoms. The summed E-state index contributed by atoms with van der Waals surface area (Å²) in [6, 6.07) is 9.17. The highest BCUT2D eigenvalue weighted by atomic mass is 16.5. The molecule has 2 aromatic rings. The molecule has 39 heavy (non-hydrogen) atoms. The van der Waals surface area contributed by atoms with Crippen molar-refractivity contribution in [1.82, 2.24) is 16.1 Å². The number of amides is 2. The van der Waals surface area contributed by atoms with E-state index in [-0.39, 0.29) is 12.2 Å². The van der Waals surface area contributed by atoms with Gasteiger partial charge in [-0.25, -0.2) is 9.59 Å². The minimum Gasteiger partial charge on any atom is -0.493 e. The molecule has 1 aliphatic rings. The molecule has 0 aromatic heterocycles. The van der Waals surface area contributed by atoms with Crippen LogP contribution >= 0.6 is 0 Å². The third-order valence-electron chi connectivity index (χ3n) is 5.60. The van der Waals surface area contributed by atoms with Crippen LogP contribution in [0.1, 0.15) is 37.9 Å². The maximum Gasteiger partial charge on any atom is 0.337 e. The van der Waals surface area contributed by atoms with Crippen LogP contribution in [-0.2, 0) is 9.53 Å². The maximum absolute atomic E-state index is 12.4. The quantitative estimate of drug-likeness (QED) is 0.130. The highest BCUT2D eigenvalue weighted by Crippen LogP contribution is 2.35. The number of ether oxygens (including phenoxy) is 5. The fraction of sp³-hybridized carbons (Fsp3) is 0.370. The molecule has 0 saturated carbocycles. The molecule has 0 radical (unpaired) electrons. The average molecular weight is 543 g/mol. The Kier molecular flexibility index (Phi) is 10.4. The van der Waals surface area contributed by atoms with Crippen molar-refractivity contribution < 1.29 is 38.4 Å². The number of esters is 1. The number of allylic oxidation sites excluding steroid dienone is 1. The predicted octanol–water partition coefficient (Wildman–Crippen LogP) is 2.61. The minimum atomic E-state index is -1.12. The van der Waals surface area contributed by atoms with Gasteiger partial charge in [-0.2, -0.15) is 5.10 Å². The molecular weight excluding hydrogens is 508 g/mol. The van der Waals surface area contributed by atoms with Gasteiger partial charge in [0, 0.05) is 5.70 Å². The fourth-order valence-corrected chi connectivity index (χ4v) is 3.86. The van der Waals surface area contributed by atoms with E-state index in [1.54, 1.807) is 44.4 Å². The van der Waals surface area contributed by atoms with Crippen molar-refractivity contribution in [3.8, 4) is 23.0 Å². The highest BCUT2D eigenvalue weighted by molar-refractivity contribution is 5.95. The van der Waals surface area contributed by atoms with Crippen molar-refractivity contribution in [3.63, 3.8) is 0 Å². The van der Waals surface area contributed by atoms with E-state index in [0.717, 1.165) is 5.56 Å². The lowest BCUT2D eigenvalue weighted by molar-refractivity contribution is -0.136. The molecule has 0 aliphatic carbocycles. The van der Waals surface area contributed by atoms with Gasteiger partial charge >= 0.3 is 12.0 Å². The van der Waals surface area contributed by atoms with Crippen molar-refractivity contribution >= 4 is 18.2 Å². The summed E-state index contributed by atoms with van der Waals surface area (Å²) in [5, 5.41) is 19.7. The van der Waals surface area contributed by atoms with E-state index in [0.29, 0.717) is 47.5 Å². The molecule has 2 aromatic carbocycles. The van der Waals surface area contributed by atoms with Crippen LogP contribution in [0.4, 0.5) is 4.79 Å². The van der Waals surface area contributed by atoms with Crippen molar-refractivity contribution in [1.29, 1.82) is 0 Å². The first-order valence-corrected chi connectivity index (χ1v) is 12.3. The van der Waals surface area contributed by atoms with E-state index >= 15 is 0 Å². The molecule has 2 amide bonds. The second-order valence-corrected chi connectivity index (χ2v) is 8.26. The van der Waals surface area contributed by atoms with Crippen LogP contribution in [0.2, 0.25) is 0 Å². The number of carbonyl (C=O) groups excluding carboxylic acids is 2. The molecule has 3 rings (SSSR count). The monoisotopic (exact) mass is 542 g/mol. The first-order chi connectivity index (χ1) is 18.8. The first-order valence-electron chi connectivity index (χ1n) is 12.3. The number of hydrogen-bond acceptors (Lipinski definition) is 10. The molecule has 12 heteroatoms. The highest BCUT2D eigenvalue weighted by Gasteiger charge is 2.32.